The van der Waals surface area contributed by atoms with Gasteiger partial charge in [0.25, 0.3) is 0 Å². The highest BCUT2D eigenvalue weighted by molar-refractivity contribution is 5.76. The molecule has 120 valence electrons. The number of hydrogen-bond acceptors (Lipinski definition) is 3. The van der Waals surface area contributed by atoms with Gasteiger partial charge in [0.15, 0.2) is 0 Å². The zero-order valence-electron chi connectivity index (χ0n) is 13.3. The van der Waals surface area contributed by atoms with Crippen LogP contribution in [0.4, 0.5) is 0 Å². The van der Waals surface area contributed by atoms with E-state index in [0.29, 0.717) is 12.8 Å². The van der Waals surface area contributed by atoms with Crippen molar-refractivity contribution in [2.75, 3.05) is 0 Å². The minimum atomic E-state index is -1.26. The molecular weight excluding hydrogens is 266 g/mol. The molecule has 21 heavy (non-hydrogen) atoms. The lowest BCUT2D eigenvalue weighted by Gasteiger charge is -2.43. The Morgan fingerprint density at radius 3 is 2.57 bits per heavy atom. The summed E-state index contributed by atoms with van der Waals surface area (Å²) < 4.78 is 0. The van der Waals surface area contributed by atoms with E-state index in [0.717, 1.165) is 44.9 Å². The fourth-order valence-corrected chi connectivity index (χ4v) is 3.83. The van der Waals surface area contributed by atoms with Crippen LogP contribution in [0, 0.1) is 28.6 Å². The van der Waals surface area contributed by atoms with Crippen LogP contribution in [-0.4, -0.2) is 22.3 Å². The first-order chi connectivity index (χ1) is 10.0. The molecule has 2 N–H and O–H groups in total. The Labute approximate surface area is 128 Å². The SMILES string of the molecule is CCCCCC(CC)C(C#N)C1(C(=O)O)CCCCC1O. The quantitative estimate of drug-likeness (QED) is 0.668. The van der Waals surface area contributed by atoms with Crippen LogP contribution in [-0.2, 0) is 4.79 Å². The van der Waals surface area contributed by atoms with E-state index in [4.69, 9.17) is 0 Å². The molecule has 0 aromatic rings. The van der Waals surface area contributed by atoms with Crippen molar-refractivity contribution >= 4 is 5.97 Å². The first kappa shape index (κ1) is 18.0. The van der Waals surface area contributed by atoms with Crippen molar-refractivity contribution < 1.29 is 15.0 Å². The molecule has 4 unspecified atom stereocenters. The van der Waals surface area contributed by atoms with Gasteiger partial charge in [-0.15, -0.1) is 0 Å². The first-order valence-corrected chi connectivity index (χ1v) is 8.35. The molecule has 0 amide bonds. The number of nitrogens with zero attached hydrogens (tertiary/aromatic N) is 1. The minimum absolute atomic E-state index is 0.0606. The molecule has 0 radical (unpaired) electrons. The van der Waals surface area contributed by atoms with Crippen molar-refractivity contribution in [2.45, 2.75) is 77.7 Å². The molecule has 1 rings (SSSR count). The summed E-state index contributed by atoms with van der Waals surface area (Å²) in [7, 11) is 0. The van der Waals surface area contributed by atoms with Crippen LogP contribution >= 0.6 is 0 Å². The van der Waals surface area contributed by atoms with Gasteiger partial charge in [-0.1, -0.05) is 52.4 Å². The number of rotatable bonds is 8. The average Bonchev–Trinajstić information content (AvgIpc) is 2.47. The lowest BCUT2D eigenvalue weighted by molar-refractivity contribution is -0.167. The molecular formula is C17H29NO3. The second kappa shape index (κ2) is 8.38. The van der Waals surface area contributed by atoms with Crippen LogP contribution in [0.25, 0.3) is 0 Å². The van der Waals surface area contributed by atoms with E-state index in [9.17, 15) is 20.3 Å². The Morgan fingerprint density at radius 1 is 1.38 bits per heavy atom. The fraction of sp³-hybridized carbons (Fsp3) is 0.882. The van der Waals surface area contributed by atoms with Crippen LogP contribution in [0.5, 0.6) is 0 Å². The second-order valence-corrected chi connectivity index (χ2v) is 6.38. The third-order valence-corrected chi connectivity index (χ3v) is 5.18. The number of aliphatic carboxylic acids is 1. The van der Waals surface area contributed by atoms with Gasteiger partial charge >= 0.3 is 5.97 Å². The van der Waals surface area contributed by atoms with E-state index < -0.39 is 23.4 Å². The van der Waals surface area contributed by atoms with Crippen LogP contribution < -0.4 is 0 Å². The number of unbranched alkanes of at least 4 members (excludes halogenated alkanes) is 2. The fourth-order valence-electron chi connectivity index (χ4n) is 3.83. The van der Waals surface area contributed by atoms with Crippen LogP contribution in [0.2, 0.25) is 0 Å². The van der Waals surface area contributed by atoms with Gasteiger partial charge in [-0.2, -0.15) is 5.26 Å². The summed E-state index contributed by atoms with van der Waals surface area (Å²) in [6.45, 7) is 4.15. The van der Waals surface area contributed by atoms with Crippen LogP contribution in [0.1, 0.15) is 71.6 Å². The van der Waals surface area contributed by atoms with Crippen LogP contribution in [0.15, 0.2) is 0 Å². The van der Waals surface area contributed by atoms with Gasteiger partial charge in [0.2, 0.25) is 0 Å². The molecule has 1 aliphatic carbocycles. The highest BCUT2D eigenvalue weighted by Crippen LogP contribution is 2.47. The lowest BCUT2D eigenvalue weighted by atomic mass is 9.60. The van der Waals surface area contributed by atoms with Gasteiger partial charge in [0.1, 0.15) is 5.41 Å². The summed E-state index contributed by atoms with van der Waals surface area (Å²) in [6, 6.07) is 2.26. The smallest absolute Gasteiger partial charge is 0.313 e. The van der Waals surface area contributed by atoms with Crippen molar-refractivity contribution in [1.29, 1.82) is 5.26 Å². The molecule has 4 atom stereocenters. The maximum Gasteiger partial charge on any atom is 0.313 e. The van der Waals surface area contributed by atoms with Gasteiger partial charge < -0.3 is 10.2 Å². The summed E-state index contributed by atoms with van der Waals surface area (Å²) >= 11 is 0. The topological polar surface area (TPSA) is 81.3 Å². The van der Waals surface area contributed by atoms with Crippen molar-refractivity contribution in [3.8, 4) is 6.07 Å². The van der Waals surface area contributed by atoms with Crippen molar-refractivity contribution in [3.63, 3.8) is 0 Å². The maximum absolute atomic E-state index is 11.9. The van der Waals surface area contributed by atoms with E-state index >= 15 is 0 Å². The molecule has 0 saturated heterocycles. The molecule has 4 nitrogen and oxygen atoms in total. The zero-order chi connectivity index (χ0) is 15.9. The second-order valence-electron chi connectivity index (χ2n) is 6.38. The van der Waals surface area contributed by atoms with Gasteiger partial charge in [-0.05, 0) is 25.2 Å². The predicted octanol–water partition coefficient (Wildman–Crippen LogP) is 3.74. The van der Waals surface area contributed by atoms with Gasteiger partial charge in [-0.3, -0.25) is 4.79 Å². The van der Waals surface area contributed by atoms with Gasteiger partial charge in [0.05, 0.1) is 18.1 Å². The molecule has 0 heterocycles. The molecule has 0 aromatic carbocycles. The minimum Gasteiger partial charge on any atom is -0.481 e. The molecule has 0 aliphatic heterocycles. The zero-order valence-corrected chi connectivity index (χ0v) is 13.3. The largest absolute Gasteiger partial charge is 0.481 e. The Hall–Kier alpha value is -1.08. The lowest BCUT2D eigenvalue weighted by Crippen LogP contribution is -2.52. The summed E-state index contributed by atoms with van der Waals surface area (Å²) in [5.41, 5.74) is -1.26. The van der Waals surface area contributed by atoms with E-state index in [1.54, 1.807) is 0 Å². The van der Waals surface area contributed by atoms with Crippen molar-refractivity contribution in [1.82, 2.24) is 0 Å². The number of hydrogen-bond donors (Lipinski definition) is 2. The number of aliphatic hydroxyl groups excluding tert-OH is 1. The molecule has 1 saturated carbocycles. The normalized spacial score (nSPS) is 28.6. The third kappa shape index (κ3) is 3.77. The number of carboxylic acids is 1. The summed E-state index contributed by atoms with van der Waals surface area (Å²) in [5.74, 6) is -1.52. The van der Waals surface area contributed by atoms with Crippen molar-refractivity contribution in [2.24, 2.45) is 17.3 Å². The van der Waals surface area contributed by atoms with Crippen LogP contribution in [0.3, 0.4) is 0 Å². The molecule has 0 spiro atoms. The summed E-state index contributed by atoms with van der Waals surface area (Å²) in [6.07, 6.45) is 6.58. The van der Waals surface area contributed by atoms with E-state index in [1.165, 1.54) is 0 Å². The standard InChI is InChI=1S/C17H29NO3/c1-3-5-6-9-13(4-2)14(12-18)17(16(20)21)11-8-7-10-15(17)19/h13-15,19H,3-11H2,1-2H3,(H,20,21). The Kier molecular flexibility index (Phi) is 7.17. The third-order valence-electron chi connectivity index (χ3n) is 5.18. The first-order valence-electron chi connectivity index (χ1n) is 8.35. The van der Waals surface area contributed by atoms with E-state index in [2.05, 4.69) is 13.0 Å². The van der Waals surface area contributed by atoms with Gasteiger partial charge in [0, 0.05) is 0 Å². The molecule has 1 aliphatic rings. The Morgan fingerprint density at radius 2 is 2.10 bits per heavy atom. The Balaban J connectivity index is 3.01. The maximum atomic E-state index is 11.9. The highest BCUT2D eigenvalue weighted by atomic mass is 16.4. The Bertz CT molecular complexity index is 377. The summed E-state index contributed by atoms with van der Waals surface area (Å²) in [5, 5.41) is 29.8. The molecule has 1 fully saturated rings. The summed E-state index contributed by atoms with van der Waals surface area (Å²) in [4.78, 5) is 11.9. The number of nitriles is 1. The van der Waals surface area contributed by atoms with Crippen molar-refractivity contribution in [3.05, 3.63) is 0 Å². The average molecular weight is 295 g/mol. The van der Waals surface area contributed by atoms with E-state index in [1.807, 2.05) is 6.92 Å². The number of carbonyl (C=O) groups is 1. The molecule has 0 bridgehead atoms. The highest BCUT2D eigenvalue weighted by Gasteiger charge is 2.54. The monoisotopic (exact) mass is 295 g/mol. The van der Waals surface area contributed by atoms with Gasteiger partial charge in [-0.25, -0.2) is 0 Å². The van der Waals surface area contributed by atoms with E-state index in [-0.39, 0.29) is 5.92 Å². The molecule has 4 heteroatoms. The molecule has 0 aromatic heterocycles. The predicted molar refractivity (Wildman–Crippen MR) is 81.6 cm³/mol. The number of aliphatic hydroxyl groups is 1. The number of carboxylic acid groups (broad SMARTS) is 1.